The molecule has 0 atom stereocenters. The highest BCUT2D eigenvalue weighted by Gasteiger charge is 2.50. The van der Waals surface area contributed by atoms with Crippen LogP contribution in [0.25, 0.3) is 0 Å². The maximum absolute atomic E-state index is 6.85. The van der Waals surface area contributed by atoms with Crippen LogP contribution in [0, 0.1) is 0 Å². The van der Waals surface area contributed by atoms with Gasteiger partial charge in [-0.05, 0) is 41.3 Å². The van der Waals surface area contributed by atoms with E-state index in [0.29, 0.717) is 125 Å². The smallest absolute Gasteiger partial charge is 0.261 e. The summed E-state index contributed by atoms with van der Waals surface area (Å²) in [5, 5.41) is 5.82. The van der Waals surface area contributed by atoms with E-state index in [9.17, 15) is 0 Å². The van der Waals surface area contributed by atoms with E-state index in [4.69, 9.17) is 47.1 Å². The quantitative estimate of drug-likeness (QED) is 0.0910. The van der Waals surface area contributed by atoms with Crippen LogP contribution in [0.1, 0.15) is 33.6 Å². The molecule has 0 amide bonds. The Kier molecular flexibility index (Phi) is 23.8. The molecule has 0 aromatic heterocycles. The van der Waals surface area contributed by atoms with Crippen molar-refractivity contribution in [2.75, 3.05) is 132 Å². The molecule has 290 valence electrons. The Bertz CT molecular complexity index is 1030. The topological polar surface area (TPSA) is 104 Å². The molecule has 0 aliphatic carbocycles. The molecule has 12 heteroatoms. The number of rotatable bonds is 31. The Balaban J connectivity index is 1.04. The molecule has 1 fully saturated rings. The predicted octanol–water partition coefficient (Wildman–Crippen LogP) is 3.46. The molecule has 1 N–H and O–H groups in total. The van der Waals surface area contributed by atoms with Crippen LogP contribution in [0.4, 0.5) is 0 Å². The van der Waals surface area contributed by atoms with Crippen LogP contribution < -0.4 is 15.7 Å². The lowest BCUT2D eigenvalue weighted by Crippen LogP contribution is -2.66. The largest absolute Gasteiger partial charge is 0.405 e. The average Bonchev–Trinajstić information content (AvgIpc) is 3.15. The summed E-state index contributed by atoms with van der Waals surface area (Å²) in [6.45, 7) is 18.6. The Morgan fingerprint density at radius 1 is 0.471 bits per heavy atom. The van der Waals surface area contributed by atoms with Crippen LogP contribution in [0.15, 0.2) is 60.7 Å². The third kappa shape index (κ3) is 18.2. The molecule has 2 aromatic carbocycles. The van der Waals surface area contributed by atoms with Gasteiger partial charge in [0, 0.05) is 0 Å². The minimum atomic E-state index is -2.53. The SMILES string of the molecule is CC(C)(C)[Si](OCCOCCOCCOCCOCCOCCOCCOCCOCCOC1CCNCC1)(c1ccccc1)c1ccccc1. The first-order chi connectivity index (χ1) is 25.0. The maximum atomic E-state index is 6.85. The molecule has 0 spiro atoms. The second-order valence-electron chi connectivity index (χ2n) is 13.2. The Morgan fingerprint density at radius 2 is 0.784 bits per heavy atom. The van der Waals surface area contributed by atoms with Gasteiger partial charge in [0.2, 0.25) is 0 Å². The van der Waals surface area contributed by atoms with E-state index in [1.807, 2.05) is 0 Å². The van der Waals surface area contributed by atoms with Crippen molar-refractivity contribution in [3.05, 3.63) is 60.7 Å². The van der Waals surface area contributed by atoms with Gasteiger partial charge in [0.15, 0.2) is 0 Å². The lowest BCUT2D eigenvalue weighted by atomic mass is 10.1. The lowest BCUT2D eigenvalue weighted by molar-refractivity contribution is -0.0319. The first-order valence-corrected chi connectivity index (χ1v) is 20.6. The fraction of sp³-hybridized carbons (Fsp3) is 0.692. The number of nitrogens with one attached hydrogen (secondary N) is 1. The highest BCUT2D eigenvalue weighted by molar-refractivity contribution is 6.99. The van der Waals surface area contributed by atoms with Gasteiger partial charge in [0.1, 0.15) is 0 Å². The molecule has 0 unspecified atom stereocenters. The third-order valence-corrected chi connectivity index (χ3v) is 13.5. The van der Waals surface area contributed by atoms with Crippen molar-refractivity contribution in [1.82, 2.24) is 5.32 Å². The second kappa shape index (κ2) is 27.8. The third-order valence-electron chi connectivity index (χ3n) is 8.43. The monoisotopic (exact) mass is 735 g/mol. The minimum absolute atomic E-state index is 0.0524. The van der Waals surface area contributed by atoms with E-state index in [-0.39, 0.29) is 5.04 Å². The van der Waals surface area contributed by atoms with Crippen LogP contribution in [0.3, 0.4) is 0 Å². The summed E-state index contributed by atoms with van der Waals surface area (Å²) in [4.78, 5) is 0. The van der Waals surface area contributed by atoms with Crippen molar-refractivity contribution in [1.29, 1.82) is 0 Å². The van der Waals surface area contributed by atoms with Gasteiger partial charge in [0.05, 0.1) is 125 Å². The van der Waals surface area contributed by atoms with Crippen LogP contribution in [-0.2, 0) is 47.1 Å². The molecule has 11 nitrogen and oxygen atoms in total. The van der Waals surface area contributed by atoms with Gasteiger partial charge in [-0.1, -0.05) is 81.4 Å². The molecule has 2 aromatic rings. The molecule has 51 heavy (non-hydrogen) atoms. The number of benzene rings is 2. The molecular formula is C39H65NO10Si. The summed E-state index contributed by atoms with van der Waals surface area (Å²) < 4.78 is 57.4. The number of hydrogen-bond acceptors (Lipinski definition) is 11. The summed E-state index contributed by atoms with van der Waals surface area (Å²) in [6.07, 6.45) is 2.53. The van der Waals surface area contributed by atoms with Crippen LogP contribution >= 0.6 is 0 Å². The van der Waals surface area contributed by atoms with Gasteiger partial charge in [-0.3, -0.25) is 0 Å². The summed E-state index contributed by atoms with van der Waals surface area (Å²) in [5.41, 5.74) is 0. The fourth-order valence-electron chi connectivity index (χ4n) is 5.89. The number of piperidine rings is 1. The standard InChI is InChI=1S/C39H65NO10Si/c1-39(2,3)51(37-10-6-4-7-11-37,38-12-8-5-9-13-38)50-35-33-48-31-29-46-27-25-44-23-21-42-19-18-41-20-22-43-24-26-45-28-30-47-32-34-49-36-14-16-40-17-15-36/h4-13,36,40H,14-35H2,1-3H3. The summed E-state index contributed by atoms with van der Waals surface area (Å²) >= 11 is 0. The van der Waals surface area contributed by atoms with Gasteiger partial charge in [-0.2, -0.15) is 0 Å². The molecule has 3 rings (SSSR count). The average molecular weight is 736 g/mol. The van der Waals surface area contributed by atoms with Gasteiger partial charge in [-0.25, -0.2) is 0 Å². The van der Waals surface area contributed by atoms with Crippen molar-refractivity contribution in [2.24, 2.45) is 0 Å². The number of ether oxygens (including phenoxy) is 9. The molecule has 1 heterocycles. The van der Waals surface area contributed by atoms with Gasteiger partial charge in [-0.15, -0.1) is 0 Å². The van der Waals surface area contributed by atoms with E-state index < -0.39 is 8.32 Å². The zero-order valence-electron chi connectivity index (χ0n) is 31.5. The number of hydrogen-bond donors (Lipinski definition) is 1. The minimum Gasteiger partial charge on any atom is -0.405 e. The molecule has 1 aliphatic rings. The predicted molar refractivity (Wildman–Crippen MR) is 202 cm³/mol. The molecule has 1 aliphatic heterocycles. The van der Waals surface area contributed by atoms with E-state index >= 15 is 0 Å². The van der Waals surface area contributed by atoms with Crippen molar-refractivity contribution in [3.63, 3.8) is 0 Å². The highest BCUT2D eigenvalue weighted by atomic mass is 28.4. The van der Waals surface area contributed by atoms with Crippen molar-refractivity contribution >= 4 is 18.7 Å². The second-order valence-corrected chi connectivity index (χ2v) is 17.5. The Labute approximate surface area is 308 Å². The normalized spacial score (nSPS) is 14.3. The highest BCUT2D eigenvalue weighted by Crippen LogP contribution is 2.36. The Morgan fingerprint density at radius 3 is 1.12 bits per heavy atom. The van der Waals surface area contributed by atoms with E-state index in [2.05, 4.69) is 86.8 Å². The fourth-order valence-corrected chi connectivity index (χ4v) is 10.4. The first-order valence-electron chi connectivity index (χ1n) is 18.7. The van der Waals surface area contributed by atoms with E-state index in [1.54, 1.807) is 0 Å². The summed E-state index contributed by atoms with van der Waals surface area (Å²) in [5.74, 6) is 0. The van der Waals surface area contributed by atoms with Gasteiger partial charge < -0.3 is 52.4 Å². The maximum Gasteiger partial charge on any atom is 0.261 e. The van der Waals surface area contributed by atoms with Gasteiger partial charge >= 0.3 is 0 Å². The Hall–Kier alpha value is -1.78. The summed E-state index contributed by atoms with van der Waals surface area (Å²) in [6, 6.07) is 21.3. The van der Waals surface area contributed by atoms with E-state index in [0.717, 1.165) is 25.9 Å². The molecule has 1 saturated heterocycles. The zero-order valence-corrected chi connectivity index (χ0v) is 32.5. The van der Waals surface area contributed by atoms with Crippen LogP contribution in [-0.4, -0.2) is 146 Å². The molecule has 0 saturated carbocycles. The van der Waals surface area contributed by atoms with Crippen LogP contribution in [0.2, 0.25) is 5.04 Å². The molecular weight excluding hydrogens is 671 g/mol. The lowest BCUT2D eigenvalue weighted by Gasteiger charge is -2.43. The summed E-state index contributed by atoms with van der Waals surface area (Å²) in [7, 11) is -2.53. The van der Waals surface area contributed by atoms with E-state index in [1.165, 1.54) is 10.4 Å². The van der Waals surface area contributed by atoms with Crippen molar-refractivity contribution in [3.8, 4) is 0 Å². The first kappa shape index (κ1) is 43.6. The zero-order chi connectivity index (χ0) is 36.1. The molecule has 0 radical (unpaired) electrons. The van der Waals surface area contributed by atoms with Crippen molar-refractivity contribution in [2.45, 2.75) is 44.8 Å². The van der Waals surface area contributed by atoms with Crippen LogP contribution in [0.5, 0.6) is 0 Å². The molecule has 0 bridgehead atoms. The van der Waals surface area contributed by atoms with Gasteiger partial charge in [0.25, 0.3) is 8.32 Å². The van der Waals surface area contributed by atoms with Crippen molar-refractivity contribution < 1.29 is 47.1 Å².